The van der Waals surface area contributed by atoms with E-state index in [1.54, 1.807) is 12.2 Å². The molecule has 1 aliphatic rings. The number of aliphatic carboxylic acids is 1. The third-order valence-electron chi connectivity index (χ3n) is 2.20. The molecule has 0 fully saturated rings. The van der Waals surface area contributed by atoms with Crippen LogP contribution in [-0.4, -0.2) is 24.2 Å². The number of carbonyl (C=O) groups excluding carboxylic acids is 1. The fourth-order valence-corrected chi connectivity index (χ4v) is 1.81. The number of allylic oxidation sites excluding steroid dienone is 2. The van der Waals surface area contributed by atoms with Crippen molar-refractivity contribution in [3.05, 3.63) is 22.2 Å². The minimum Gasteiger partial charge on any atom is -0.481 e. The van der Waals surface area contributed by atoms with E-state index in [0.717, 1.165) is 0 Å². The average Bonchev–Trinajstić information content (AvgIpc) is 2.39. The molecule has 0 amide bonds. The maximum atomic E-state index is 11.3. The number of methoxy groups -OCH3 is 1. The summed E-state index contributed by atoms with van der Waals surface area (Å²) in [5.74, 6) is -1.78. The van der Waals surface area contributed by atoms with Crippen molar-refractivity contribution in [3.8, 4) is 0 Å². The fraction of sp³-hybridized carbons (Fsp3) is 0.400. The van der Waals surface area contributed by atoms with Gasteiger partial charge in [-0.15, -0.1) is 0 Å². The molecule has 0 spiro atoms. The molecule has 0 aromatic rings. The Bertz CT molecular complexity index is 343. The van der Waals surface area contributed by atoms with Gasteiger partial charge in [-0.25, -0.2) is 4.79 Å². The van der Waals surface area contributed by atoms with Gasteiger partial charge < -0.3 is 9.84 Å². The molecular weight excluding hydrogens is 264 g/mol. The van der Waals surface area contributed by atoms with Crippen LogP contribution < -0.4 is 0 Å². The Morgan fingerprint density at radius 2 is 2.07 bits per heavy atom. The van der Waals surface area contributed by atoms with Crippen molar-refractivity contribution in [2.75, 3.05) is 7.11 Å². The third kappa shape index (κ3) is 2.92. The summed E-state index contributed by atoms with van der Waals surface area (Å²) in [6.45, 7) is 0. The maximum Gasteiger partial charge on any atom is 0.338 e. The van der Waals surface area contributed by atoms with E-state index in [1.807, 2.05) is 0 Å². The number of carboxylic acid groups (broad SMARTS) is 1. The van der Waals surface area contributed by atoms with Crippen LogP contribution in [0.25, 0.3) is 0 Å². The summed E-state index contributed by atoms with van der Waals surface area (Å²) in [4.78, 5) is 22.1. The highest BCUT2D eigenvalue weighted by Gasteiger charge is 2.21. The van der Waals surface area contributed by atoms with Crippen molar-refractivity contribution in [3.63, 3.8) is 0 Å². The molecule has 15 heavy (non-hydrogen) atoms. The van der Waals surface area contributed by atoms with E-state index in [9.17, 15) is 9.59 Å². The summed E-state index contributed by atoms with van der Waals surface area (Å²) >= 11 is 3.22. The Kier molecular flexibility index (Phi) is 4.08. The smallest absolute Gasteiger partial charge is 0.338 e. The molecule has 1 aliphatic carbocycles. The molecule has 0 bridgehead atoms. The Balaban J connectivity index is 2.90. The lowest BCUT2D eigenvalue weighted by Crippen LogP contribution is -2.11. The molecule has 1 N–H and O–H groups in total. The van der Waals surface area contributed by atoms with Crippen LogP contribution in [0, 0.1) is 5.92 Å². The van der Waals surface area contributed by atoms with E-state index in [0.29, 0.717) is 22.9 Å². The highest BCUT2D eigenvalue weighted by atomic mass is 79.9. The van der Waals surface area contributed by atoms with Gasteiger partial charge in [-0.05, 0) is 12.8 Å². The van der Waals surface area contributed by atoms with E-state index in [1.165, 1.54) is 7.11 Å². The third-order valence-corrected chi connectivity index (χ3v) is 2.95. The van der Waals surface area contributed by atoms with E-state index < -0.39 is 17.9 Å². The lowest BCUT2D eigenvalue weighted by molar-refractivity contribution is -0.141. The highest BCUT2D eigenvalue weighted by Crippen LogP contribution is 2.27. The minimum absolute atomic E-state index is 0.339. The highest BCUT2D eigenvalue weighted by molar-refractivity contribution is 9.12. The molecule has 0 saturated heterocycles. The van der Waals surface area contributed by atoms with Gasteiger partial charge in [0.15, 0.2) is 0 Å². The van der Waals surface area contributed by atoms with Crippen molar-refractivity contribution >= 4 is 27.9 Å². The van der Waals surface area contributed by atoms with Crippen molar-refractivity contribution in [1.82, 2.24) is 0 Å². The van der Waals surface area contributed by atoms with Crippen molar-refractivity contribution in [2.24, 2.45) is 5.92 Å². The summed E-state index contributed by atoms with van der Waals surface area (Å²) in [7, 11) is 1.29. The second-order valence-corrected chi connectivity index (χ2v) is 4.02. The van der Waals surface area contributed by atoms with Gasteiger partial charge in [0.05, 0.1) is 18.6 Å². The first-order chi connectivity index (χ1) is 7.06. The summed E-state index contributed by atoms with van der Waals surface area (Å²) in [6.07, 6.45) is 4.03. The van der Waals surface area contributed by atoms with Crippen LogP contribution in [0.2, 0.25) is 0 Å². The topological polar surface area (TPSA) is 63.6 Å². The Morgan fingerprint density at radius 3 is 2.60 bits per heavy atom. The molecule has 1 rings (SSSR count). The number of esters is 1. The zero-order valence-electron chi connectivity index (χ0n) is 8.20. The van der Waals surface area contributed by atoms with Crippen LogP contribution in [0.3, 0.4) is 0 Å². The van der Waals surface area contributed by atoms with Gasteiger partial charge in [-0.1, -0.05) is 28.1 Å². The van der Waals surface area contributed by atoms with Crippen LogP contribution in [0.15, 0.2) is 22.2 Å². The predicted octanol–water partition coefficient (Wildman–Crippen LogP) is 1.86. The van der Waals surface area contributed by atoms with E-state index in [-0.39, 0.29) is 0 Å². The molecule has 0 radical (unpaired) electrons. The number of carboxylic acids is 1. The van der Waals surface area contributed by atoms with E-state index >= 15 is 0 Å². The largest absolute Gasteiger partial charge is 0.481 e. The minimum atomic E-state index is -0.853. The number of carbonyl (C=O) groups is 2. The van der Waals surface area contributed by atoms with Crippen molar-refractivity contribution < 1.29 is 19.4 Å². The predicted molar refractivity (Wildman–Crippen MR) is 57.5 cm³/mol. The lowest BCUT2D eigenvalue weighted by atomic mass is 10.0. The molecule has 0 saturated carbocycles. The first-order valence-corrected chi connectivity index (χ1v) is 5.23. The van der Waals surface area contributed by atoms with E-state index in [2.05, 4.69) is 20.7 Å². The number of halogens is 1. The Morgan fingerprint density at radius 1 is 1.47 bits per heavy atom. The molecule has 0 unspecified atom stereocenters. The van der Waals surface area contributed by atoms with Crippen LogP contribution in [-0.2, 0) is 14.3 Å². The zero-order chi connectivity index (χ0) is 11.4. The van der Waals surface area contributed by atoms with Crippen LogP contribution >= 0.6 is 15.9 Å². The number of hydrogen-bond acceptors (Lipinski definition) is 3. The SMILES string of the molecule is COC(=O)C1=CC[C@H](C(=O)O)CC=C1Br. The molecule has 0 aromatic heterocycles. The molecule has 0 aromatic carbocycles. The Labute approximate surface area is 95.7 Å². The van der Waals surface area contributed by atoms with Gasteiger partial charge >= 0.3 is 11.9 Å². The zero-order valence-corrected chi connectivity index (χ0v) is 9.78. The van der Waals surface area contributed by atoms with Crippen LogP contribution in [0.4, 0.5) is 0 Å². The maximum absolute atomic E-state index is 11.3. The molecule has 82 valence electrons. The molecule has 4 nitrogen and oxygen atoms in total. The number of rotatable bonds is 2. The Hall–Kier alpha value is -1.10. The first kappa shape index (κ1) is 12.0. The molecular formula is C10H11BrO4. The monoisotopic (exact) mass is 274 g/mol. The van der Waals surface area contributed by atoms with Gasteiger partial charge in [-0.3, -0.25) is 4.79 Å². The van der Waals surface area contributed by atoms with Gasteiger partial charge in [-0.2, -0.15) is 0 Å². The van der Waals surface area contributed by atoms with Gasteiger partial charge in [0.1, 0.15) is 0 Å². The summed E-state index contributed by atoms with van der Waals surface area (Å²) in [5.41, 5.74) is 0.390. The average molecular weight is 275 g/mol. The van der Waals surface area contributed by atoms with Gasteiger partial charge in [0, 0.05) is 4.48 Å². The van der Waals surface area contributed by atoms with Crippen molar-refractivity contribution in [2.45, 2.75) is 12.8 Å². The van der Waals surface area contributed by atoms with Crippen LogP contribution in [0.5, 0.6) is 0 Å². The number of hydrogen-bond donors (Lipinski definition) is 1. The quantitative estimate of drug-likeness (QED) is 0.781. The van der Waals surface area contributed by atoms with Gasteiger partial charge in [0.2, 0.25) is 0 Å². The first-order valence-electron chi connectivity index (χ1n) is 4.43. The fourth-order valence-electron chi connectivity index (χ4n) is 1.30. The second kappa shape index (κ2) is 5.11. The summed E-state index contributed by atoms with van der Waals surface area (Å²) in [6, 6.07) is 0. The second-order valence-electron chi connectivity index (χ2n) is 3.17. The molecule has 1 atom stereocenters. The summed E-state index contributed by atoms with van der Waals surface area (Å²) < 4.78 is 5.18. The number of ether oxygens (including phenoxy) is 1. The molecule has 0 heterocycles. The summed E-state index contributed by atoms with van der Waals surface area (Å²) in [5, 5.41) is 8.84. The van der Waals surface area contributed by atoms with E-state index in [4.69, 9.17) is 5.11 Å². The van der Waals surface area contributed by atoms with Crippen LogP contribution in [0.1, 0.15) is 12.8 Å². The lowest BCUT2D eigenvalue weighted by Gasteiger charge is -2.03. The molecule has 0 aliphatic heterocycles. The normalized spacial score (nSPS) is 21.1. The standard InChI is InChI=1S/C10H11BrO4/c1-15-10(14)7-4-2-6(9(12)13)3-5-8(7)11/h4-6H,2-3H2,1H3,(H,12,13)/t6-/m0/s1. The van der Waals surface area contributed by atoms with Gasteiger partial charge in [0.25, 0.3) is 0 Å². The van der Waals surface area contributed by atoms with Crippen molar-refractivity contribution in [1.29, 1.82) is 0 Å². The molecule has 5 heteroatoms.